The van der Waals surface area contributed by atoms with Crippen LogP contribution in [0, 0.1) is 0 Å². The van der Waals surface area contributed by atoms with Gasteiger partial charge in [0.05, 0.1) is 12.7 Å². The van der Waals surface area contributed by atoms with Gasteiger partial charge in [0.1, 0.15) is 5.75 Å². The molecule has 4 N–H and O–H groups in total. The highest BCUT2D eigenvalue weighted by Crippen LogP contribution is 2.22. The zero-order chi connectivity index (χ0) is 17.7. The Hall–Kier alpha value is -2.90. The Morgan fingerprint density at radius 3 is 2.33 bits per heavy atom. The predicted molar refractivity (Wildman–Crippen MR) is 84.7 cm³/mol. The Morgan fingerprint density at radius 1 is 1.12 bits per heavy atom. The van der Waals surface area contributed by atoms with Crippen LogP contribution in [-0.2, 0) is 6.54 Å². The summed E-state index contributed by atoms with van der Waals surface area (Å²) in [7, 11) is 1.43. The van der Waals surface area contributed by atoms with Crippen molar-refractivity contribution in [3.63, 3.8) is 0 Å². The number of aliphatic hydroxyl groups excluding tert-OH is 1. The van der Waals surface area contributed by atoms with Crippen molar-refractivity contribution in [1.82, 2.24) is 5.32 Å². The lowest BCUT2D eigenvalue weighted by atomic mass is 10.1. The molecule has 126 valence electrons. The summed E-state index contributed by atoms with van der Waals surface area (Å²) in [5, 5.41) is 30.3. The van der Waals surface area contributed by atoms with Crippen molar-refractivity contribution in [2.75, 3.05) is 7.11 Å². The largest absolute Gasteiger partial charge is 0.497 e. The van der Waals surface area contributed by atoms with E-state index >= 15 is 0 Å². The zero-order valence-corrected chi connectivity index (χ0v) is 12.9. The Balaban J connectivity index is 2.11. The van der Waals surface area contributed by atoms with Crippen molar-refractivity contribution < 1.29 is 29.6 Å². The van der Waals surface area contributed by atoms with Crippen LogP contribution in [0.2, 0.25) is 0 Å². The summed E-state index contributed by atoms with van der Waals surface area (Å²) in [6.07, 6.45) is -1.81. The molecule has 7 heteroatoms. The van der Waals surface area contributed by atoms with Crippen LogP contribution in [0.3, 0.4) is 0 Å². The van der Waals surface area contributed by atoms with E-state index in [1.54, 1.807) is 18.2 Å². The Labute approximate surface area is 138 Å². The second-order valence-electron chi connectivity index (χ2n) is 5.01. The third-order valence-corrected chi connectivity index (χ3v) is 3.44. The first-order valence-electron chi connectivity index (χ1n) is 7.07. The first kappa shape index (κ1) is 17.5. The Bertz CT molecular complexity index is 739. The molecule has 0 aliphatic heterocycles. The van der Waals surface area contributed by atoms with Crippen molar-refractivity contribution in [2.45, 2.75) is 12.8 Å². The molecule has 2 aromatic rings. The lowest BCUT2D eigenvalue weighted by Crippen LogP contribution is -2.24. The maximum atomic E-state index is 12.2. The lowest BCUT2D eigenvalue weighted by molar-refractivity contribution is -0.0431. The van der Waals surface area contributed by atoms with Crippen molar-refractivity contribution in [3.8, 4) is 5.75 Å². The fraction of sp³-hybridized carbons (Fsp3) is 0.176. The molecule has 2 aromatic carbocycles. The minimum atomic E-state index is -1.81. The molecular formula is C17H17NO6. The standard InChI is InChI=1S/C17H17NO6/c1-24-12-6-7-13(14(8-12)17(22)23)15(19)18-9-10-2-4-11(5-3-10)16(20)21/h2-8,17,22-23H,9H2,1H3,(H,18,19)(H,20,21). The number of methoxy groups -OCH3 is 1. The number of amides is 1. The van der Waals surface area contributed by atoms with Gasteiger partial charge in [-0.25, -0.2) is 4.79 Å². The van der Waals surface area contributed by atoms with Gasteiger partial charge in [-0.2, -0.15) is 0 Å². The molecule has 7 nitrogen and oxygen atoms in total. The molecule has 0 saturated carbocycles. The van der Waals surface area contributed by atoms with E-state index in [-0.39, 0.29) is 23.2 Å². The van der Waals surface area contributed by atoms with Crippen LogP contribution in [0.15, 0.2) is 42.5 Å². The van der Waals surface area contributed by atoms with Crippen LogP contribution in [0.1, 0.15) is 38.1 Å². The predicted octanol–water partition coefficient (Wildman–Crippen LogP) is 1.31. The SMILES string of the molecule is COc1ccc(C(=O)NCc2ccc(C(=O)O)cc2)c(C(O)O)c1. The summed E-state index contributed by atoms with van der Waals surface area (Å²) < 4.78 is 5.00. The van der Waals surface area contributed by atoms with E-state index in [2.05, 4.69) is 5.32 Å². The molecule has 0 aliphatic rings. The third kappa shape index (κ3) is 4.09. The number of carbonyl (C=O) groups excluding carboxylic acids is 1. The highest BCUT2D eigenvalue weighted by Gasteiger charge is 2.17. The second-order valence-corrected chi connectivity index (χ2v) is 5.01. The van der Waals surface area contributed by atoms with Gasteiger partial charge >= 0.3 is 5.97 Å². The zero-order valence-electron chi connectivity index (χ0n) is 12.9. The quantitative estimate of drug-likeness (QED) is 0.593. The normalized spacial score (nSPS) is 10.5. The summed E-state index contributed by atoms with van der Waals surface area (Å²) >= 11 is 0. The average Bonchev–Trinajstić information content (AvgIpc) is 2.59. The van der Waals surface area contributed by atoms with Crippen molar-refractivity contribution in [3.05, 3.63) is 64.7 Å². The minimum Gasteiger partial charge on any atom is -0.497 e. The molecule has 0 aliphatic carbocycles. The number of carboxylic acid groups (broad SMARTS) is 1. The highest BCUT2D eigenvalue weighted by molar-refractivity contribution is 5.96. The van der Waals surface area contributed by atoms with Crippen LogP contribution in [0.25, 0.3) is 0 Å². The van der Waals surface area contributed by atoms with Gasteiger partial charge in [0.25, 0.3) is 5.91 Å². The number of carbonyl (C=O) groups is 2. The number of carboxylic acids is 1. The maximum Gasteiger partial charge on any atom is 0.335 e. The number of benzene rings is 2. The van der Waals surface area contributed by atoms with Gasteiger partial charge in [-0.1, -0.05) is 12.1 Å². The van der Waals surface area contributed by atoms with Crippen LogP contribution in [0.4, 0.5) is 0 Å². The van der Waals surface area contributed by atoms with Gasteiger partial charge in [0.2, 0.25) is 0 Å². The first-order valence-corrected chi connectivity index (χ1v) is 7.07. The molecule has 0 spiro atoms. The first-order chi connectivity index (χ1) is 11.4. The van der Waals surface area contributed by atoms with E-state index in [0.29, 0.717) is 11.3 Å². The molecule has 0 atom stereocenters. The van der Waals surface area contributed by atoms with Gasteiger partial charge in [-0.3, -0.25) is 4.79 Å². The number of hydrogen-bond donors (Lipinski definition) is 4. The fourth-order valence-electron chi connectivity index (χ4n) is 2.13. The average molecular weight is 331 g/mol. The number of aromatic carboxylic acids is 1. The molecule has 0 aromatic heterocycles. The van der Waals surface area contributed by atoms with Crippen molar-refractivity contribution in [2.24, 2.45) is 0 Å². The smallest absolute Gasteiger partial charge is 0.335 e. The molecule has 0 unspecified atom stereocenters. The monoisotopic (exact) mass is 331 g/mol. The van der Waals surface area contributed by atoms with Gasteiger partial charge in [-0.15, -0.1) is 0 Å². The van der Waals surface area contributed by atoms with Gasteiger partial charge in [-0.05, 0) is 35.9 Å². The molecular weight excluding hydrogens is 314 g/mol. The molecule has 0 heterocycles. The van der Waals surface area contributed by atoms with Crippen molar-refractivity contribution >= 4 is 11.9 Å². The van der Waals surface area contributed by atoms with E-state index in [0.717, 1.165) is 0 Å². The molecule has 0 fully saturated rings. The van der Waals surface area contributed by atoms with E-state index in [4.69, 9.17) is 9.84 Å². The molecule has 2 rings (SSSR count). The fourth-order valence-corrected chi connectivity index (χ4v) is 2.13. The van der Waals surface area contributed by atoms with Crippen molar-refractivity contribution in [1.29, 1.82) is 0 Å². The maximum absolute atomic E-state index is 12.2. The highest BCUT2D eigenvalue weighted by atomic mass is 16.5. The van der Waals surface area contributed by atoms with E-state index in [1.807, 2.05) is 0 Å². The topological polar surface area (TPSA) is 116 Å². The van der Waals surface area contributed by atoms with E-state index in [1.165, 1.54) is 31.4 Å². The summed E-state index contributed by atoms with van der Waals surface area (Å²) in [6.45, 7) is 0.172. The number of aliphatic hydroxyl groups is 2. The van der Waals surface area contributed by atoms with Gasteiger partial charge in [0.15, 0.2) is 6.29 Å². The molecule has 0 radical (unpaired) electrons. The molecule has 24 heavy (non-hydrogen) atoms. The number of ether oxygens (including phenoxy) is 1. The molecule has 0 bridgehead atoms. The number of rotatable bonds is 6. The lowest BCUT2D eigenvalue weighted by Gasteiger charge is -2.13. The Morgan fingerprint density at radius 2 is 1.79 bits per heavy atom. The van der Waals surface area contributed by atoms with Crippen LogP contribution >= 0.6 is 0 Å². The molecule has 0 saturated heterocycles. The second kappa shape index (κ2) is 7.58. The summed E-state index contributed by atoms with van der Waals surface area (Å²) in [4.78, 5) is 23.0. The van der Waals surface area contributed by atoms with Gasteiger partial charge < -0.3 is 25.4 Å². The summed E-state index contributed by atoms with van der Waals surface area (Å²) in [5.74, 6) is -1.10. The summed E-state index contributed by atoms with van der Waals surface area (Å²) in [6, 6.07) is 10.4. The molecule has 1 amide bonds. The summed E-state index contributed by atoms with van der Waals surface area (Å²) in [5.41, 5.74) is 1.03. The minimum absolute atomic E-state index is 0.0353. The van der Waals surface area contributed by atoms with Crippen LogP contribution < -0.4 is 10.1 Å². The van der Waals surface area contributed by atoms with E-state index < -0.39 is 18.2 Å². The van der Waals surface area contributed by atoms with E-state index in [9.17, 15) is 19.8 Å². The van der Waals surface area contributed by atoms with Gasteiger partial charge in [0, 0.05) is 17.7 Å². The van der Waals surface area contributed by atoms with Crippen LogP contribution in [-0.4, -0.2) is 34.3 Å². The number of hydrogen-bond acceptors (Lipinski definition) is 5. The number of nitrogens with one attached hydrogen (secondary N) is 1. The third-order valence-electron chi connectivity index (χ3n) is 3.44. The van der Waals surface area contributed by atoms with Crippen LogP contribution in [0.5, 0.6) is 5.75 Å². The Kier molecular flexibility index (Phi) is 5.51.